The number of hydrogen-bond acceptors (Lipinski definition) is 2. The van der Waals surface area contributed by atoms with Crippen LogP contribution < -0.4 is 10.1 Å². The number of hydrogen-bond donors (Lipinski definition) is 1. The third-order valence-corrected chi connectivity index (χ3v) is 3.58. The summed E-state index contributed by atoms with van der Waals surface area (Å²) in [6.07, 6.45) is 0. The van der Waals surface area contributed by atoms with Crippen molar-refractivity contribution in [1.29, 1.82) is 0 Å². The molecular weight excluding hydrogens is 309 g/mol. The number of halogens is 2. The lowest BCUT2D eigenvalue weighted by molar-refractivity contribution is 0.0948. The molecule has 0 fully saturated rings. The van der Waals surface area contributed by atoms with Crippen molar-refractivity contribution in [3.05, 3.63) is 64.2 Å². The van der Waals surface area contributed by atoms with Crippen LogP contribution in [0.3, 0.4) is 0 Å². The molecule has 21 heavy (non-hydrogen) atoms. The van der Waals surface area contributed by atoms with Crippen LogP contribution in [0, 0.1) is 0 Å². The van der Waals surface area contributed by atoms with Crippen molar-refractivity contribution in [3.8, 4) is 5.75 Å². The molecule has 2 aromatic carbocycles. The van der Waals surface area contributed by atoms with Gasteiger partial charge in [0.1, 0.15) is 5.75 Å². The SMILES string of the molecule is COc1ccc(Cl)cc1C(=O)NCc1ccc(CCl)cc1. The van der Waals surface area contributed by atoms with Crippen LogP contribution in [0.1, 0.15) is 21.5 Å². The van der Waals surface area contributed by atoms with Gasteiger partial charge >= 0.3 is 0 Å². The number of benzene rings is 2. The Morgan fingerprint density at radius 3 is 2.43 bits per heavy atom. The Morgan fingerprint density at radius 1 is 1.14 bits per heavy atom. The summed E-state index contributed by atoms with van der Waals surface area (Å²) in [6.45, 7) is 0.428. The molecule has 0 aliphatic carbocycles. The maximum atomic E-state index is 12.2. The van der Waals surface area contributed by atoms with Gasteiger partial charge in [0.15, 0.2) is 0 Å². The number of methoxy groups -OCH3 is 1. The van der Waals surface area contributed by atoms with E-state index in [4.69, 9.17) is 27.9 Å². The molecule has 0 saturated heterocycles. The van der Waals surface area contributed by atoms with E-state index in [0.29, 0.717) is 28.8 Å². The summed E-state index contributed by atoms with van der Waals surface area (Å²) in [5.74, 6) is 0.747. The van der Waals surface area contributed by atoms with Crippen LogP contribution in [-0.2, 0) is 12.4 Å². The Bertz CT molecular complexity index is 627. The smallest absolute Gasteiger partial charge is 0.255 e. The normalized spacial score (nSPS) is 10.2. The van der Waals surface area contributed by atoms with Gasteiger partial charge < -0.3 is 10.1 Å². The van der Waals surface area contributed by atoms with Gasteiger partial charge in [-0.05, 0) is 29.3 Å². The zero-order valence-electron chi connectivity index (χ0n) is 11.5. The number of ether oxygens (including phenoxy) is 1. The molecule has 0 saturated carbocycles. The molecule has 0 bridgehead atoms. The molecule has 0 aliphatic heterocycles. The molecule has 0 aromatic heterocycles. The van der Waals surface area contributed by atoms with Gasteiger partial charge in [-0.15, -0.1) is 11.6 Å². The predicted octanol–water partition coefficient (Wildman–Crippen LogP) is 4.02. The summed E-state index contributed by atoms with van der Waals surface area (Å²) in [5, 5.41) is 3.34. The maximum Gasteiger partial charge on any atom is 0.255 e. The highest BCUT2D eigenvalue weighted by Gasteiger charge is 2.12. The standard InChI is InChI=1S/C16H15Cl2NO2/c1-21-15-7-6-13(18)8-14(15)16(20)19-10-12-4-2-11(9-17)3-5-12/h2-8H,9-10H2,1H3,(H,19,20). The number of amides is 1. The van der Waals surface area contributed by atoms with Crippen molar-refractivity contribution in [3.63, 3.8) is 0 Å². The van der Waals surface area contributed by atoms with Crippen molar-refractivity contribution < 1.29 is 9.53 Å². The monoisotopic (exact) mass is 323 g/mol. The van der Waals surface area contributed by atoms with Gasteiger partial charge in [0.25, 0.3) is 5.91 Å². The van der Waals surface area contributed by atoms with E-state index in [9.17, 15) is 4.79 Å². The summed E-state index contributed by atoms with van der Waals surface area (Å²) in [7, 11) is 1.52. The largest absolute Gasteiger partial charge is 0.496 e. The Morgan fingerprint density at radius 2 is 1.81 bits per heavy atom. The second-order valence-electron chi connectivity index (χ2n) is 4.48. The van der Waals surface area contributed by atoms with Gasteiger partial charge in [-0.3, -0.25) is 4.79 Å². The summed E-state index contributed by atoms with van der Waals surface area (Å²) in [6, 6.07) is 12.7. The third kappa shape index (κ3) is 4.13. The van der Waals surface area contributed by atoms with E-state index in [1.165, 1.54) is 7.11 Å². The summed E-state index contributed by atoms with van der Waals surface area (Å²) in [5.41, 5.74) is 2.46. The molecule has 5 heteroatoms. The molecule has 1 N–H and O–H groups in total. The maximum absolute atomic E-state index is 12.2. The lowest BCUT2D eigenvalue weighted by Crippen LogP contribution is -2.23. The molecule has 2 rings (SSSR count). The molecule has 110 valence electrons. The first-order valence-corrected chi connectivity index (χ1v) is 7.31. The van der Waals surface area contributed by atoms with Crippen LogP contribution in [0.4, 0.5) is 0 Å². The van der Waals surface area contributed by atoms with Crippen LogP contribution in [0.15, 0.2) is 42.5 Å². The predicted molar refractivity (Wildman–Crippen MR) is 85.2 cm³/mol. The van der Waals surface area contributed by atoms with Gasteiger partial charge in [0.05, 0.1) is 12.7 Å². The summed E-state index contributed by atoms with van der Waals surface area (Å²) in [4.78, 5) is 12.2. The number of alkyl halides is 1. The minimum Gasteiger partial charge on any atom is -0.496 e. The molecular formula is C16H15Cl2NO2. The van der Waals surface area contributed by atoms with Crippen LogP contribution >= 0.6 is 23.2 Å². The van der Waals surface area contributed by atoms with E-state index >= 15 is 0 Å². The fourth-order valence-corrected chi connectivity index (χ4v) is 2.23. The minimum atomic E-state index is -0.226. The van der Waals surface area contributed by atoms with Crippen LogP contribution in [0.5, 0.6) is 5.75 Å². The van der Waals surface area contributed by atoms with E-state index in [2.05, 4.69) is 5.32 Å². The summed E-state index contributed by atoms with van der Waals surface area (Å²) < 4.78 is 5.17. The molecule has 2 aromatic rings. The first kappa shape index (κ1) is 15.7. The molecule has 0 atom stereocenters. The first-order valence-electron chi connectivity index (χ1n) is 6.39. The van der Waals surface area contributed by atoms with Gasteiger partial charge in [-0.25, -0.2) is 0 Å². The van der Waals surface area contributed by atoms with E-state index in [1.54, 1.807) is 18.2 Å². The quantitative estimate of drug-likeness (QED) is 0.844. The lowest BCUT2D eigenvalue weighted by atomic mass is 10.1. The lowest BCUT2D eigenvalue weighted by Gasteiger charge is -2.10. The van der Waals surface area contributed by atoms with Crippen molar-refractivity contribution in [2.45, 2.75) is 12.4 Å². The van der Waals surface area contributed by atoms with E-state index in [1.807, 2.05) is 24.3 Å². The second kappa shape index (κ2) is 7.34. The molecule has 0 heterocycles. The molecule has 0 aliphatic rings. The highest BCUT2D eigenvalue weighted by molar-refractivity contribution is 6.31. The average molecular weight is 324 g/mol. The topological polar surface area (TPSA) is 38.3 Å². The minimum absolute atomic E-state index is 0.226. The third-order valence-electron chi connectivity index (χ3n) is 3.04. The molecule has 0 spiro atoms. The van der Waals surface area contributed by atoms with Crippen LogP contribution in [0.2, 0.25) is 5.02 Å². The number of nitrogens with one attached hydrogen (secondary N) is 1. The fourth-order valence-electron chi connectivity index (χ4n) is 1.88. The van der Waals surface area contributed by atoms with Crippen molar-refractivity contribution in [1.82, 2.24) is 5.32 Å². The van der Waals surface area contributed by atoms with Crippen molar-refractivity contribution >= 4 is 29.1 Å². The highest BCUT2D eigenvalue weighted by Crippen LogP contribution is 2.22. The number of carbonyl (C=O) groups excluding carboxylic acids is 1. The molecule has 0 radical (unpaired) electrons. The number of rotatable bonds is 5. The Kier molecular flexibility index (Phi) is 5.48. The van der Waals surface area contributed by atoms with Crippen LogP contribution in [-0.4, -0.2) is 13.0 Å². The fraction of sp³-hybridized carbons (Fsp3) is 0.188. The van der Waals surface area contributed by atoms with E-state index in [-0.39, 0.29) is 5.91 Å². The van der Waals surface area contributed by atoms with E-state index in [0.717, 1.165) is 11.1 Å². The van der Waals surface area contributed by atoms with Gasteiger partial charge in [0, 0.05) is 17.4 Å². The number of carbonyl (C=O) groups is 1. The molecule has 1 amide bonds. The zero-order chi connectivity index (χ0) is 15.2. The van der Waals surface area contributed by atoms with Gasteiger partial charge in [-0.2, -0.15) is 0 Å². The molecule has 3 nitrogen and oxygen atoms in total. The zero-order valence-corrected chi connectivity index (χ0v) is 13.0. The average Bonchev–Trinajstić information content (AvgIpc) is 2.53. The van der Waals surface area contributed by atoms with Crippen molar-refractivity contribution in [2.75, 3.05) is 7.11 Å². The Labute approximate surface area is 133 Å². The first-order chi connectivity index (χ1) is 10.1. The Hall–Kier alpha value is -1.71. The van der Waals surface area contributed by atoms with Crippen molar-refractivity contribution in [2.24, 2.45) is 0 Å². The Balaban J connectivity index is 2.05. The molecule has 0 unspecified atom stereocenters. The van der Waals surface area contributed by atoms with Gasteiger partial charge in [0.2, 0.25) is 0 Å². The summed E-state index contributed by atoms with van der Waals surface area (Å²) >= 11 is 11.7. The van der Waals surface area contributed by atoms with Crippen LogP contribution in [0.25, 0.3) is 0 Å². The van der Waals surface area contributed by atoms with E-state index < -0.39 is 0 Å². The highest BCUT2D eigenvalue weighted by atomic mass is 35.5. The second-order valence-corrected chi connectivity index (χ2v) is 5.18. The van der Waals surface area contributed by atoms with Gasteiger partial charge in [-0.1, -0.05) is 35.9 Å².